The molecule has 0 unspecified atom stereocenters. The van der Waals surface area contributed by atoms with Gasteiger partial charge in [-0.3, -0.25) is 0 Å². The summed E-state index contributed by atoms with van der Waals surface area (Å²) >= 11 is 2.01. The number of thiophene rings is 1. The number of hydrogen-bond donors (Lipinski definition) is 0. The van der Waals surface area contributed by atoms with Crippen LogP contribution in [0.15, 0.2) is 24.3 Å². The summed E-state index contributed by atoms with van der Waals surface area (Å²) < 4.78 is 3.01. The van der Waals surface area contributed by atoms with Gasteiger partial charge in [-0.25, -0.2) is 0 Å². The van der Waals surface area contributed by atoms with Crippen LogP contribution in [0.4, 0.5) is 0 Å². The van der Waals surface area contributed by atoms with Gasteiger partial charge in [0.05, 0.1) is 0 Å². The van der Waals surface area contributed by atoms with Gasteiger partial charge >= 0.3 is 0 Å². The molecule has 3 rings (SSSR count). The largest absolute Gasteiger partial charge is 0.135 e. The maximum absolute atomic E-state index is 2.37. The van der Waals surface area contributed by atoms with Crippen LogP contribution in [-0.2, 0) is 12.8 Å². The van der Waals surface area contributed by atoms with Crippen molar-refractivity contribution in [1.29, 1.82) is 0 Å². The monoisotopic (exact) mass is 324 g/mol. The Kier molecular flexibility index (Phi) is 5.06. The molecular formula is C22H28S. The Morgan fingerprint density at radius 1 is 0.696 bits per heavy atom. The average Bonchev–Trinajstić information content (AvgIpc) is 2.93. The van der Waals surface area contributed by atoms with Crippen LogP contribution in [0.5, 0.6) is 0 Å². The highest BCUT2D eigenvalue weighted by atomic mass is 32.1. The molecule has 0 N–H and O–H groups in total. The van der Waals surface area contributed by atoms with Gasteiger partial charge in [-0.2, -0.15) is 0 Å². The first-order chi connectivity index (χ1) is 11.2. The minimum Gasteiger partial charge on any atom is -0.135 e. The Morgan fingerprint density at radius 2 is 1.26 bits per heavy atom. The molecular weight excluding hydrogens is 296 g/mol. The maximum atomic E-state index is 2.37. The minimum atomic E-state index is 1.19. The van der Waals surface area contributed by atoms with Crippen LogP contribution in [0.1, 0.15) is 61.8 Å². The topological polar surface area (TPSA) is 0 Å². The highest BCUT2D eigenvalue weighted by molar-refractivity contribution is 7.26. The zero-order chi connectivity index (χ0) is 16.4. The van der Waals surface area contributed by atoms with Crippen molar-refractivity contribution in [3.05, 3.63) is 46.5 Å². The molecule has 0 radical (unpaired) electrons. The fourth-order valence-corrected chi connectivity index (χ4v) is 4.98. The Balaban J connectivity index is 2.11. The fraction of sp³-hybridized carbons (Fsp3) is 0.455. The molecule has 1 heteroatoms. The number of rotatable bonds is 6. The van der Waals surface area contributed by atoms with E-state index in [4.69, 9.17) is 0 Å². The summed E-state index contributed by atoms with van der Waals surface area (Å²) in [6.45, 7) is 9.17. The van der Waals surface area contributed by atoms with Crippen LogP contribution in [0, 0.1) is 13.8 Å². The summed E-state index contributed by atoms with van der Waals surface area (Å²) in [5.74, 6) is 0. The van der Waals surface area contributed by atoms with E-state index in [1.54, 1.807) is 5.56 Å². The lowest BCUT2D eigenvalue weighted by Crippen LogP contribution is -1.90. The molecule has 0 saturated carbocycles. The number of aryl methyl sites for hydroxylation is 4. The second-order valence-corrected chi connectivity index (χ2v) is 7.78. The van der Waals surface area contributed by atoms with Crippen LogP contribution in [0.2, 0.25) is 0 Å². The van der Waals surface area contributed by atoms with Crippen molar-refractivity contribution in [3.8, 4) is 0 Å². The molecule has 0 atom stereocenters. The van der Waals surface area contributed by atoms with E-state index in [1.807, 2.05) is 11.3 Å². The smallest absolute Gasteiger partial charge is 0.0387 e. The number of hydrogen-bond acceptors (Lipinski definition) is 1. The molecule has 0 spiro atoms. The van der Waals surface area contributed by atoms with Gasteiger partial charge in [-0.05, 0) is 55.4 Å². The molecule has 1 heterocycles. The lowest BCUT2D eigenvalue weighted by atomic mass is 9.98. The van der Waals surface area contributed by atoms with Crippen molar-refractivity contribution in [2.75, 3.05) is 0 Å². The third-order valence-electron chi connectivity index (χ3n) is 5.10. The summed E-state index contributed by atoms with van der Waals surface area (Å²) in [5.41, 5.74) is 6.07. The second-order valence-electron chi connectivity index (χ2n) is 6.76. The second kappa shape index (κ2) is 7.05. The van der Waals surface area contributed by atoms with Crippen molar-refractivity contribution in [3.63, 3.8) is 0 Å². The molecule has 0 fully saturated rings. The van der Waals surface area contributed by atoms with Gasteiger partial charge in [0, 0.05) is 20.2 Å². The molecule has 1 aromatic heterocycles. The van der Waals surface area contributed by atoms with Crippen LogP contribution in [-0.4, -0.2) is 0 Å². The first-order valence-electron chi connectivity index (χ1n) is 9.10. The molecule has 23 heavy (non-hydrogen) atoms. The van der Waals surface area contributed by atoms with Crippen LogP contribution in [0.3, 0.4) is 0 Å². The molecule has 0 amide bonds. The predicted octanol–water partition coefficient (Wildman–Crippen LogP) is 7.36. The Morgan fingerprint density at radius 3 is 1.78 bits per heavy atom. The lowest BCUT2D eigenvalue weighted by Gasteiger charge is -2.06. The van der Waals surface area contributed by atoms with Crippen molar-refractivity contribution < 1.29 is 0 Å². The molecule has 0 bridgehead atoms. The van der Waals surface area contributed by atoms with E-state index in [2.05, 4.69) is 52.0 Å². The number of unbranched alkanes of at least 4 members (excludes halogenated alkanes) is 2. The van der Waals surface area contributed by atoms with Gasteiger partial charge in [-0.15, -0.1) is 11.3 Å². The zero-order valence-electron chi connectivity index (χ0n) is 15.0. The van der Waals surface area contributed by atoms with Crippen molar-refractivity contribution in [1.82, 2.24) is 0 Å². The van der Waals surface area contributed by atoms with E-state index in [1.165, 1.54) is 75.4 Å². The predicted molar refractivity (Wildman–Crippen MR) is 106 cm³/mol. The maximum Gasteiger partial charge on any atom is 0.0387 e. The lowest BCUT2D eigenvalue weighted by molar-refractivity contribution is 0.716. The third kappa shape index (κ3) is 3.04. The molecule has 0 aliphatic rings. The van der Waals surface area contributed by atoms with Gasteiger partial charge in [0.25, 0.3) is 0 Å². The average molecular weight is 325 g/mol. The molecule has 122 valence electrons. The molecule has 0 aliphatic heterocycles. The minimum absolute atomic E-state index is 1.19. The van der Waals surface area contributed by atoms with Gasteiger partial charge in [0.1, 0.15) is 0 Å². The highest BCUT2D eigenvalue weighted by Gasteiger charge is 2.13. The van der Waals surface area contributed by atoms with Gasteiger partial charge in [-0.1, -0.05) is 57.4 Å². The normalized spacial score (nSPS) is 11.7. The quantitative estimate of drug-likeness (QED) is 0.416. The van der Waals surface area contributed by atoms with E-state index >= 15 is 0 Å². The zero-order valence-corrected chi connectivity index (χ0v) is 15.8. The van der Waals surface area contributed by atoms with Crippen LogP contribution >= 0.6 is 11.3 Å². The van der Waals surface area contributed by atoms with E-state index in [9.17, 15) is 0 Å². The van der Waals surface area contributed by atoms with Crippen LogP contribution in [0.25, 0.3) is 20.2 Å². The molecule has 0 saturated heterocycles. The molecule has 0 aliphatic carbocycles. The molecule has 3 aromatic rings. The summed E-state index contributed by atoms with van der Waals surface area (Å²) in [6.07, 6.45) is 7.58. The highest BCUT2D eigenvalue weighted by Crippen LogP contribution is 2.39. The number of fused-ring (bicyclic) bond motifs is 3. The van der Waals surface area contributed by atoms with E-state index in [0.29, 0.717) is 0 Å². The SMILES string of the molecule is CCCCCc1ccc2c(sc3c(C)c(CCC)ccc32)c1C. The third-order valence-corrected chi connectivity index (χ3v) is 6.56. The van der Waals surface area contributed by atoms with Crippen molar-refractivity contribution >= 4 is 31.5 Å². The van der Waals surface area contributed by atoms with E-state index < -0.39 is 0 Å². The Bertz CT molecular complexity index is 823. The fourth-order valence-electron chi connectivity index (χ4n) is 3.63. The number of benzene rings is 2. The molecule has 2 aromatic carbocycles. The summed E-state index contributed by atoms with van der Waals surface area (Å²) in [6, 6.07) is 9.43. The van der Waals surface area contributed by atoms with Gasteiger partial charge < -0.3 is 0 Å². The van der Waals surface area contributed by atoms with Gasteiger partial charge in [0.2, 0.25) is 0 Å². The van der Waals surface area contributed by atoms with Crippen molar-refractivity contribution in [2.24, 2.45) is 0 Å². The summed E-state index contributed by atoms with van der Waals surface area (Å²) in [5, 5.41) is 2.90. The van der Waals surface area contributed by atoms with Crippen LogP contribution < -0.4 is 0 Å². The molecule has 0 nitrogen and oxygen atoms in total. The summed E-state index contributed by atoms with van der Waals surface area (Å²) in [4.78, 5) is 0. The van der Waals surface area contributed by atoms with Crippen molar-refractivity contribution in [2.45, 2.75) is 66.2 Å². The van der Waals surface area contributed by atoms with E-state index in [0.717, 1.165) is 0 Å². The Labute approximate surface area is 144 Å². The van der Waals surface area contributed by atoms with Gasteiger partial charge in [0.15, 0.2) is 0 Å². The first kappa shape index (κ1) is 16.5. The standard InChI is InChI=1S/C22H28S/c1-5-7-8-10-18-12-14-20-19-13-11-17(9-6-2)15(3)21(19)23-22(20)16(18)4/h11-14H,5-10H2,1-4H3. The van der Waals surface area contributed by atoms with E-state index in [-0.39, 0.29) is 0 Å². The first-order valence-corrected chi connectivity index (χ1v) is 9.92. The Hall–Kier alpha value is -1.34. The summed E-state index contributed by atoms with van der Waals surface area (Å²) in [7, 11) is 0.